The maximum atomic E-state index is 11.9. The second-order valence-electron chi connectivity index (χ2n) is 1.55. The Morgan fingerprint density at radius 1 is 1.18 bits per heavy atom. The van der Waals surface area contributed by atoms with Crippen molar-refractivity contribution in [1.82, 2.24) is 0 Å². The lowest BCUT2D eigenvalue weighted by molar-refractivity contribution is 0.405. The van der Waals surface area contributed by atoms with Crippen LogP contribution in [0.4, 0.5) is 4.39 Å². The van der Waals surface area contributed by atoms with Crippen molar-refractivity contribution in [3.8, 4) is 0 Å². The van der Waals surface area contributed by atoms with Gasteiger partial charge >= 0.3 is 8.25 Å². The van der Waals surface area contributed by atoms with E-state index in [2.05, 4.69) is 0 Å². The predicted octanol–water partition coefficient (Wildman–Crippen LogP) is 1.45. The van der Waals surface area contributed by atoms with Gasteiger partial charge in [0.1, 0.15) is 5.82 Å². The Morgan fingerprint density at radius 3 is 1.73 bits per heavy atom. The summed E-state index contributed by atoms with van der Waals surface area (Å²) in [6.07, 6.45) is 0. The van der Waals surface area contributed by atoms with Crippen LogP contribution in [0.25, 0.3) is 0 Å². The molecule has 0 aliphatic carbocycles. The van der Waals surface area contributed by atoms with Crippen LogP contribution in [-0.2, 0) is 4.57 Å². The summed E-state index contributed by atoms with van der Waals surface area (Å²) in [5.74, 6) is -0.178. The van der Waals surface area contributed by atoms with Crippen LogP contribution in [0.15, 0.2) is 30.3 Å². The molecule has 0 saturated carbocycles. The molecule has 0 radical (unpaired) electrons. The predicted molar refractivity (Wildman–Crippen MR) is 38.4 cm³/mol. The van der Waals surface area contributed by atoms with Crippen molar-refractivity contribution in [2.75, 3.05) is 0 Å². The first-order chi connectivity index (χ1) is 5.13. The minimum absolute atomic E-state index is 0.178. The number of hydrogen-bond donors (Lipinski definition) is 2. The summed E-state index contributed by atoms with van der Waals surface area (Å²) in [6, 6.07) is 7.94. The summed E-state index contributed by atoms with van der Waals surface area (Å²) < 4.78 is 20.6. The molecule has 2 N–H and O–H groups in total. The van der Waals surface area contributed by atoms with E-state index in [9.17, 15) is 4.39 Å². The highest BCUT2D eigenvalue weighted by molar-refractivity contribution is 7.30. The van der Waals surface area contributed by atoms with E-state index in [0.717, 1.165) is 0 Å². The first-order valence-corrected chi connectivity index (χ1v) is 3.85. The van der Waals surface area contributed by atoms with E-state index in [1.54, 1.807) is 18.2 Å². The van der Waals surface area contributed by atoms with Crippen molar-refractivity contribution < 1.29 is 18.7 Å². The van der Waals surface area contributed by atoms with Crippen LogP contribution in [-0.4, -0.2) is 9.79 Å². The second kappa shape index (κ2) is 5.92. The molecule has 0 aliphatic heterocycles. The summed E-state index contributed by atoms with van der Waals surface area (Å²) in [4.78, 5) is 14.2. The molecule has 0 unspecified atom stereocenters. The van der Waals surface area contributed by atoms with Gasteiger partial charge in [-0.05, 0) is 12.1 Å². The summed E-state index contributed by atoms with van der Waals surface area (Å²) in [6.45, 7) is 0. The molecule has 1 rings (SSSR count). The van der Waals surface area contributed by atoms with Gasteiger partial charge in [0.25, 0.3) is 0 Å². The van der Waals surface area contributed by atoms with Gasteiger partial charge in [-0.25, -0.2) is 4.39 Å². The fourth-order valence-electron chi connectivity index (χ4n) is 0.415. The smallest absolute Gasteiger partial charge is 0.207 e. The fraction of sp³-hybridized carbons (Fsp3) is 0. The van der Waals surface area contributed by atoms with E-state index in [4.69, 9.17) is 14.4 Å². The van der Waals surface area contributed by atoms with Crippen LogP contribution in [0.1, 0.15) is 0 Å². The molecule has 11 heavy (non-hydrogen) atoms. The number of benzene rings is 1. The third kappa shape index (κ3) is 9.17. The zero-order chi connectivity index (χ0) is 8.69. The van der Waals surface area contributed by atoms with Crippen molar-refractivity contribution in [3.63, 3.8) is 0 Å². The van der Waals surface area contributed by atoms with Gasteiger partial charge in [-0.2, -0.15) is 0 Å². The Hall–Kier alpha value is -0.830. The number of hydrogen-bond acceptors (Lipinski definition) is 1. The molecule has 3 nitrogen and oxygen atoms in total. The van der Waals surface area contributed by atoms with Crippen molar-refractivity contribution in [3.05, 3.63) is 36.1 Å². The SMILES string of the molecule is Fc1ccccc1.O=[P+](O)O. The molecule has 0 saturated heterocycles. The van der Waals surface area contributed by atoms with Gasteiger partial charge in [0.2, 0.25) is 0 Å². The average Bonchev–Trinajstić information content (AvgIpc) is 1.87. The van der Waals surface area contributed by atoms with Gasteiger partial charge < -0.3 is 0 Å². The Morgan fingerprint density at radius 2 is 1.55 bits per heavy atom. The molecule has 0 bridgehead atoms. The van der Waals surface area contributed by atoms with Crippen molar-refractivity contribution in [2.45, 2.75) is 0 Å². The van der Waals surface area contributed by atoms with Crippen LogP contribution in [0.2, 0.25) is 0 Å². The molecule has 0 amide bonds. The van der Waals surface area contributed by atoms with Crippen LogP contribution in [0.3, 0.4) is 0 Å². The molecule has 0 atom stereocenters. The average molecular weight is 177 g/mol. The molecule has 5 heteroatoms. The molecule has 0 spiro atoms. The van der Waals surface area contributed by atoms with E-state index in [1.807, 2.05) is 0 Å². The van der Waals surface area contributed by atoms with Crippen molar-refractivity contribution >= 4 is 8.25 Å². The normalized spacial score (nSPS) is 7.91. The Labute approximate surface area is 64.1 Å². The highest BCUT2D eigenvalue weighted by Gasteiger charge is 1.93. The zero-order valence-electron chi connectivity index (χ0n) is 5.51. The lowest BCUT2D eigenvalue weighted by Crippen LogP contribution is -1.63. The molecule has 0 aromatic heterocycles. The summed E-state index contributed by atoms with van der Waals surface area (Å²) in [5, 5.41) is 0. The van der Waals surface area contributed by atoms with Crippen LogP contribution >= 0.6 is 8.25 Å². The van der Waals surface area contributed by atoms with E-state index in [1.165, 1.54) is 12.1 Å². The van der Waals surface area contributed by atoms with Gasteiger partial charge in [-0.1, -0.05) is 18.2 Å². The van der Waals surface area contributed by atoms with Gasteiger partial charge in [-0.3, -0.25) is 0 Å². The zero-order valence-corrected chi connectivity index (χ0v) is 6.41. The van der Waals surface area contributed by atoms with Gasteiger partial charge in [-0.15, -0.1) is 9.79 Å². The number of rotatable bonds is 0. The largest absolute Gasteiger partial charge is 0.692 e. The topological polar surface area (TPSA) is 57.5 Å². The van der Waals surface area contributed by atoms with E-state index in [0.29, 0.717) is 0 Å². The van der Waals surface area contributed by atoms with Crippen LogP contribution in [0.5, 0.6) is 0 Å². The highest BCUT2D eigenvalue weighted by atomic mass is 31.1. The lowest BCUT2D eigenvalue weighted by Gasteiger charge is -1.78. The third-order valence-electron chi connectivity index (χ3n) is 0.733. The summed E-state index contributed by atoms with van der Waals surface area (Å²) in [5.41, 5.74) is 0. The molecular formula is C6H7FO3P+. The quantitative estimate of drug-likeness (QED) is 0.589. The van der Waals surface area contributed by atoms with E-state index in [-0.39, 0.29) is 5.82 Å². The monoisotopic (exact) mass is 177 g/mol. The minimum Gasteiger partial charge on any atom is -0.207 e. The molecular weight excluding hydrogens is 170 g/mol. The van der Waals surface area contributed by atoms with Gasteiger partial charge in [0, 0.05) is 4.57 Å². The van der Waals surface area contributed by atoms with Gasteiger partial charge in [0.05, 0.1) is 0 Å². The minimum atomic E-state index is -2.87. The van der Waals surface area contributed by atoms with Crippen molar-refractivity contribution in [2.24, 2.45) is 0 Å². The lowest BCUT2D eigenvalue weighted by atomic mass is 10.4. The maximum absolute atomic E-state index is 11.9. The first-order valence-electron chi connectivity index (χ1n) is 2.68. The van der Waals surface area contributed by atoms with E-state index < -0.39 is 8.25 Å². The molecule has 1 aromatic rings. The Bertz CT molecular complexity index is 210. The maximum Gasteiger partial charge on any atom is 0.692 e. The van der Waals surface area contributed by atoms with Crippen LogP contribution in [0, 0.1) is 5.82 Å². The standard InChI is InChI=1S/C6H5F.HO3P/c7-6-4-2-1-3-5-6;1-4(2)3/h1-5H;(H-,1,2,3)/p+1. The van der Waals surface area contributed by atoms with Crippen LogP contribution < -0.4 is 0 Å². The molecule has 1 aromatic carbocycles. The van der Waals surface area contributed by atoms with Gasteiger partial charge in [0.15, 0.2) is 0 Å². The molecule has 0 aliphatic rings. The summed E-state index contributed by atoms with van der Waals surface area (Å²) in [7, 11) is -2.87. The summed E-state index contributed by atoms with van der Waals surface area (Å²) >= 11 is 0. The second-order valence-corrected chi connectivity index (χ2v) is 2.05. The highest BCUT2D eigenvalue weighted by Crippen LogP contribution is 1.98. The first kappa shape index (κ1) is 10.2. The van der Waals surface area contributed by atoms with Crippen molar-refractivity contribution in [1.29, 1.82) is 0 Å². The third-order valence-corrected chi connectivity index (χ3v) is 0.733. The molecule has 0 heterocycles. The van der Waals surface area contributed by atoms with E-state index >= 15 is 0 Å². The molecule has 0 fully saturated rings. The molecule has 60 valence electrons. The fourth-order valence-corrected chi connectivity index (χ4v) is 0.415. The number of halogens is 1. The Kier molecular flexibility index (Phi) is 5.47. The Balaban J connectivity index is 0.000000218.